The predicted molar refractivity (Wildman–Crippen MR) is 77.0 cm³/mol. The smallest absolute Gasteiger partial charge is 0.0526 e. The van der Waals surface area contributed by atoms with E-state index >= 15 is 0 Å². The fraction of sp³-hybridized carbons (Fsp3) is 0.571. The highest BCUT2D eigenvalue weighted by Crippen LogP contribution is 2.48. The third-order valence-electron chi connectivity index (χ3n) is 4.29. The summed E-state index contributed by atoms with van der Waals surface area (Å²) < 4.78 is 1.17. The Morgan fingerprint density at radius 3 is 2.53 bits per heavy atom. The lowest BCUT2D eigenvalue weighted by Crippen LogP contribution is -2.55. The van der Waals surface area contributed by atoms with Crippen LogP contribution in [0.4, 0.5) is 5.69 Å². The summed E-state index contributed by atoms with van der Waals surface area (Å²) >= 11 is 9.87. The molecule has 92 valence electrons. The number of rotatable bonds is 1. The van der Waals surface area contributed by atoms with Gasteiger partial charge in [0.1, 0.15) is 0 Å². The fourth-order valence-electron chi connectivity index (χ4n) is 3.25. The minimum Gasteiger partial charge on any atom is -0.369 e. The summed E-state index contributed by atoms with van der Waals surface area (Å²) in [4.78, 5) is 2.46. The molecule has 1 aromatic rings. The first-order chi connectivity index (χ1) is 8.10. The van der Waals surface area contributed by atoms with Crippen molar-refractivity contribution in [3.8, 4) is 0 Å². The zero-order valence-corrected chi connectivity index (χ0v) is 12.4. The highest BCUT2D eigenvalue weighted by atomic mass is 79.9. The summed E-state index contributed by atoms with van der Waals surface area (Å²) in [7, 11) is 0. The number of halogens is 2. The molecule has 0 radical (unpaired) electrons. The second-order valence-corrected chi connectivity index (χ2v) is 6.88. The van der Waals surface area contributed by atoms with Crippen molar-refractivity contribution in [2.75, 3.05) is 18.0 Å². The van der Waals surface area contributed by atoms with Gasteiger partial charge in [-0.15, -0.1) is 0 Å². The highest BCUT2D eigenvalue weighted by molar-refractivity contribution is 9.10. The zero-order chi connectivity index (χ0) is 12.0. The number of benzene rings is 1. The number of hydrogen-bond donors (Lipinski definition) is 0. The van der Waals surface area contributed by atoms with E-state index in [4.69, 9.17) is 11.6 Å². The van der Waals surface area contributed by atoms with Crippen LogP contribution in [0.25, 0.3) is 0 Å². The molecule has 2 aliphatic rings. The van der Waals surface area contributed by atoms with Gasteiger partial charge in [-0.2, -0.15) is 0 Å². The molecule has 3 rings (SSSR count). The molecule has 0 bridgehead atoms. The van der Waals surface area contributed by atoms with Gasteiger partial charge in [-0.25, -0.2) is 0 Å². The molecular weight excluding hydrogens is 298 g/mol. The van der Waals surface area contributed by atoms with Crippen LogP contribution in [0.1, 0.15) is 31.2 Å². The van der Waals surface area contributed by atoms with Gasteiger partial charge >= 0.3 is 0 Å². The monoisotopic (exact) mass is 313 g/mol. The van der Waals surface area contributed by atoms with Gasteiger partial charge in [0.05, 0.1) is 5.69 Å². The molecule has 17 heavy (non-hydrogen) atoms. The largest absolute Gasteiger partial charge is 0.369 e. The molecule has 2 fully saturated rings. The molecule has 1 spiro atoms. The summed E-state index contributed by atoms with van der Waals surface area (Å²) in [5.41, 5.74) is 3.04. The van der Waals surface area contributed by atoms with Crippen molar-refractivity contribution < 1.29 is 0 Å². The minimum absolute atomic E-state index is 0.636. The highest BCUT2D eigenvalue weighted by Gasteiger charge is 2.45. The molecule has 0 aromatic heterocycles. The van der Waals surface area contributed by atoms with Gasteiger partial charge in [0.2, 0.25) is 0 Å². The third kappa shape index (κ3) is 2.00. The first kappa shape index (κ1) is 11.9. The lowest BCUT2D eigenvalue weighted by Gasteiger charge is -2.50. The van der Waals surface area contributed by atoms with E-state index in [0.717, 1.165) is 10.6 Å². The van der Waals surface area contributed by atoms with Gasteiger partial charge in [0, 0.05) is 28.0 Å². The van der Waals surface area contributed by atoms with Crippen molar-refractivity contribution in [1.29, 1.82) is 0 Å². The quantitative estimate of drug-likeness (QED) is 0.720. The van der Waals surface area contributed by atoms with E-state index in [9.17, 15) is 0 Å². The fourth-order valence-corrected chi connectivity index (χ4v) is 4.12. The van der Waals surface area contributed by atoms with Crippen molar-refractivity contribution >= 4 is 33.2 Å². The lowest BCUT2D eigenvalue weighted by molar-refractivity contribution is 0.222. The van der Waals surface area contributed by atoms with Crippen LogP contribution in [-0.4, -0.2) is 13.1 Å². The van der Waals surface area contributed by atoms with E-state index < -0.39 is 0 Å². The average Bonchev–Trinajstić information content (AvgIpc) is 2.70. The number of nitrogens with zero attached hydrogens (tertiary/aromatic N) is 1. The van der Waals surface area contributed by atoms with Gasteiger partial charge in [-0.3, -0.25) is 0 Å². The number of hydrogen-bond acceptors (Lipinski definition) is 1. The Bertz CT molecular complexity index is 444. The predicted octanol–water partition coefficient (Wildman–Crippen LogP) is 4.79. The Hall–Kier alpha value is -0.210. The molecule has 0 unspecified atom stereocenters. The van der Waals surface area contributed by atoms with Crippen LogP contribution in [0, 0.1) is 12.3 Å². The average molecular weight is 315 g/mol. The first-order valence-electron chi connectivity index (χ1n) is 6.30. The molecule has 0 atom stereocenters. The molecule has 0 N–H and O–H groups in total. The normalized spacial score (nSPS) is 21.9. The molecule has 1 nitrogen and oxygen atoms in total. The van der Waals surface area contributed by atoms with Gasteiger partial charge in [-0.1, -0.05) is 24.4 Å². The van der Waals surface area contributed by atoms with Crippen LogP contribution in [0.15, 0.2) is 16.6 Å². The molecule has 1 aliphatic heterocycles. The van der Waals surface area contributed by atoms with Crippen LogP contribution in [0.5, 0.6) is 0 Å². The second kappa shape index (κ2) is 4.17. The SMILES string of the molecule is Cc1cc(Br)c(N2CC3(CCCC3)C2)cc1Cl. The Kier molecular flexibility index (Phi) is 2.91. The Labute approximate surface area is 116 Å². The van der Waals surface area contributed by atoms with E-state index in [0.29, 0.717) is 5.41 Å². The number of anilines is 1. The topological polar surface area (TPSA) is 3.24 Å². The standard InChI is InChI=1S/C14H17BrClN/c1-10-6-11(15)13(7-12(10)16)17-8-14(9-17)4-2-3-5-14/h6-7H,2-5,8-9H2,1H3. The van der Waals surface area contributed by atoms with Crippen molar-refractivity contribution in [1.82, 2.24) is 0 Å². The summed E-state index contributed by atoms with van der Waals surface area (Å²) in [5.74, 6) is 0. The van der Waals surface area contributed by atoms with Crippen molar-refractivity contribution in [2.24, 2.45) is 5.41 Å². The molecule has 1 saturated carbocycles. The van der Waals surface area contributed by atoms with Crippen molar-refractivity contribution in [3.63, 3.8) is 0 Å². The lowest BCUT2D eigenvalue weighted by atomic mass is 9.78. The summed E-state index contributed by atoms with van der Waals surface area (Å²) in [6.45, 7) is 4.47. The van der Waals surface area contributed by atoms with Crippen LogP contribution in [0.2, 0.25) is 5.02 Å². The van der Waals surface area contributed by atoms with E-state index in [-0.39, 0.29) is 0 Å². The molecule has 1 saturated heterocycles. The van der Waals surface area contributed by atoms with Crippen LogP contribution in [-0.2, 0) is 0 Å². The molecular formula is C14H17BrClN. The van der Waals surface area contributed by atoms with Gasteiger partial charge in [0.25, 0.3) is 0 Å². The maximum Gasteiger partial charge on any atom is 0.0526 e. The Morgan fingerprint density at radius 1 is 1.24 bits per heavy atom. The Balaban J connectivity index is 1.80. The molecule has 1 heterocycles. The molecule has 0 amide bonds. The Morgan fingerprint density at radius 2 is 1.88 bits per heavy atom. The molecule has 1 aliphatic carbocycles. The maximum atomic E-state index is 6.21. The van der Waals surface area contributed by atoms with Crippen molar-refractivity contribution in [3.05, 3.63) is 27.2 Å². The third-order valence-corrected chi connectivity index (χ3v) is 5.33. The van der Waals surface area contributed by atoms with Gasteiger partial charge in [-0.05, 0) is 53.4 Å². The zero-order valence-electron chi connectivity index (χ0n) is 10.1. The van der Waals surface area contributed by atoms with E-state index in [2.05, 4.69) is 33.0 Å². The minimum atomic E-state index is 0.636. The van der Waals surface area contributed by atoms with Crippen molar-refractivity contribution in [2.45, 2.75) is 32.6 Å². The van der Waals surface area contributed by atoms with E-state index in [1.165, 1.54) is 48.9 Å². The summed E-state index contributed by atoms with van der Waals surface area (Å²) in [6.07, 6.45) is 5.68. The van der Waals surface area contributed by atoms with Crippen LogP contribution in [0.3, 0.4) is 0 Å². The van der Waals surface area contributed by atoms with Crippen LogP contribution >= 0.6 is 27.5 Å². The number of aryl methyl sites for hydroxylation is 1. The first-order valence-corrected chi connectivity index (χ1v) is 7.47. The van der Waals surface area contributed by atoms with E-state index in [1.807, 2.05) is 6.92 Å². The maximum absolute atomic E-state index is 6.21. The van der Waals surface area contributed by atoms with Gasteiger partial charge < -0.3 is 4.90 Å². The van der Waals surface area contributed by atoms with Crippen LogP contribution < -0.4 is 4.90 Å². The molecule has 3 heteroatoms. The second-order valence-electron chi connectivity index (χ2n) is 5.62. The van der Waals surface area contributed by atoms with Gasteiger partial charge in [0.15, 0.2) is 0 Å². The summed E-state index contributed by atoms with van der Waals surface area (Å²) in [6, 6.07) is 4.22. The molecule has 1 aromatic carbocycles. The van der Waals surface area contributed by atoms with E-state index in [1.54, 1.807) is 0 Å². The summed E-state index contributed by atoms with van der Waals surface area (Å²) in [5, 5.41) is 0.871.